The summed E-state index contributed by atoms with van der Waals surface area (Å²) >= 11 is 0. The third-order valence-electron chi connectivity index (χ3n) is 4.58. The van der Waals surface area contributed by atoms with Crippen LogP contribution in [0.25, 0.3) is 0 Å². The largest absolute Gasteiger partial charge is 0.398 e. The number of rotatable bonds is 6. The lowest BCUT2D eigenvalue weighted by Gasteiger charge is -2.25. The Balaban J connectivity index is 1.92. The smallest absolute Gasteiger partial charge is 0.229 e. The molecule has 26 heavy (non-hydrogen) atoms. The highest BCUT2D eigenvalue weighted by Gasteiger charge is 2.25. The van der Waals surface area contributed by atoms with E-state index >= 15 is 0 Å². The third kappa shape index (κ3) is 3.86. The number of benzene rings is 1. The third-order valence-corrected chi connectivity index (χ3v) is 4.58. The van der Waals surface area contributed by atoms with E-state index in [4.69, 9.17) is 11.0 Å². The minimum absolute atomic E-state index is 0.106. The standard InChI is InChI=1S/C19H24N6O/c1-2-4-14-10-18(25-8-3-5-16(25)12-26)24-19(22-14)23-15-6-7-17(21)13(9-15)11-20/h6-7,9-10,16,26H,2-5,8,12,21H2,1H3,(H,22,23,24)/t16-/m0/s1. The minimum Gasteiger partial charge on any atom is -0.398 e. The van der Waals surface area contributed by atoms with Gasteiger partial charge in [-0.15, -0.1) is 0 Å². The lowest BCUT2D eigenvalue weighted by atomic mass is 10.2. The van der Waals surface area contributed by atoms with Gasteiger partial charge in [0.25, 0.3) is 0 Å². The van der Waals surface area contributed by atoms with Gasteiger partial charge in [-0.1, -0.05) is 13.3 Å². The predicted octanol–water partition coefficient (Wildman–Crippen LogP) is 2.59. The second-order valence-corrected chi connectivity index (χ2v) is 6.50. The zero-order chi connectivity index (χ0) is 18.5. The Morgan fingerprint density at radius 2 is 2.23 bits per heavy atom. The first kappa shape index (κ1) is 18.0. The van der Waals surface area contributed by atoms with Gasteiger partial charge in [0.1, 0.15) is 11.9 Å². The van der Waals surface area contributed by atoms with Crippen LogP contribution < -0.4 is 16.0 Å². The molecule has 0 unspecified atom stereocenters. The molecule has 1 aromatic carbocycles. The van der Waals surface area contributed by atoms with E-state index in [-0.39, 0.29) is 12.6 Å². The number of anilines is 4. The molecule has 136 valence electrons. The molecule has 7 heteroatoms. The molecule has 1 aliphatic rings. The van der Waals surface area contributed by atoms with Crippen LogP contribution in [0.15, 0.2) is 24.3 Å². The van der Waals surface area contributed by atoms with Crippen molar-refractivity contribution >= 4 is 23.1 Å². The van der Waals surface area contributed by atoms with E-state index in [2.05, 4.69) is 33.2 Å². The number of aryl methyl sites for hydroxylation is 1. The molecule has 0 saturated carbocycles. The molecule has 0 spiro atoms. The topological polar surface area (TPSA) is 111 Å². The number of nitrogens with zero attached hydrogens (tertiary/aromatic N) is 4. The Labute approximate surface area is 153 Å². The van der Waals surface area contributed by atoms with Crippen molar-refractivity contribution in [2.45, 2.75) is 38.6 Å². The van der Waals surface area contributed by atoms with E-state index in [9.17, 15) is 5.11 Å². The molecule has 1 aromatic heterocycles. The van der Waals surface area contributed by atoms with E-state index in [0.717, 1.165) is 49.4 Å². The summed E-state index contributed by atoms with van der Waals surface area (Å²) in [5.41, 5.74) is 8.32. The van der Waals surface area contributed by atoms with Gasteiger partial charge in [-0.05, 0) is 37.5 Å². The number of nitrogens with one attached hydrogen (secondary N) is 1. The first-order valence-electron chi connectivity index (χ1n) is 8.96. The summed E-state index contributed by atoms with van der Waals surface area (Å²) in [5, 5.41) is 21.9. The molecule has 3 rings (SSSR count). The van der Waals surface area contributed by atoms with Crippen molar-refractivity contribution in [2.24, 2.45) is 0 Å². The number of aliphatic hydroxyl groups is 1. The number of hydrogen-bond donors (Lipinski definition) is 3. The van der Waals surface area contributed by atoms with Crippen molar-refractivity contribution in [1.82, 2.24) is 9.97 Å². The first-order chi connectivity index (χ1) is 12.6. The normalized spacial score (nSPS) is 16.5. The van der Waals surface area contributed by atoms with Gasteiger partial charge < -0.3 is 21.1 Å². The summed E-state index contributed by atoms with van der Waals surface area (Å²) in [5.74, 6) is 1.32. The Morgan fingerprint density at radius 3 is 2.96 bits per heavy atom. The van der Waals surface area contributed by atoms with Gasteiger partial charge in [-0.3, -0.25) is 0 Å². The van der Waals surface area contributed by atoms with Gasteiger partial charge in [0, 0.05) is 29.7 Å². The van der Waals surface area contributed by atoms with Crippen LogP contribution in [0.3, 0.4) is 0 Å². The summed E-state index contributed by atoms with van der Waals surface area (Å²) in [7, 11) is 0. The minimum atomic E-state index is 0.106. The summed E-state index contributed by atoms with van der Waals surface area (Å²) in [6, 6.07) is 9.38. The number of nitrogens with two attached hydrogens (primary N) is 1. The van der Waals surface area contributed by atoms with Crippen molar-refractivity contribution in [3.63, 3.8) is 0 Å². The monoisotopic (exact) mass is 352 g/mol. The van der Waals surface area contributed by atoms with Gasteiger partial charge in [-0.25, -0.2) is 4.98 Å². The van der Waals surface area contributed by atoms with Gasteiger partial charge in [0.05, 0.1) is 18.2 Å². The maximum Gasteiger partial charge on any atom is 0.229 e. The van der Waals surface area contributed by atoms with Crippen molar-refractivity contribution in [3.05, 3.63) is 35.5 Å². The van der Waals surface area contributed by atoms with Crippen molar-refractivity contribution in [2.75, 3.05) is 29.1 Å². The second kappa shape index (κ2) is 8.02. The van der Waals surface area contributed by atoms with E-state index in [1.165, 1.54) is 0 Å². The van der Waals surface area contributed by atoms with Crippen LogP contribution in [0, 0.1) is 11.3 Å². The lowest BCUT2D eigenvalue weighted by molar-refractivity contribution is 0.266. The number of nitrogen functional groups attached to an aromatic ring is 1. The average Bonchev–Trinajstić information content (AvgIpc) is 3.12. The molecular formula is C19H24N6O. The predicted molar refractivity (Wildman–Crippen MR) is 102 cm³/mol. The molecule has 7 nitrogen and oxygen atoms in total. The fourth-order valence-corrected chi connectivity index (χ4v) is 3.26. The quantitative estimate of drug-likeness (QED) is 0.685. The molecule has 0 bridgehead atoms. The van der Waals surface area contributed by atoms with Crippen molar-refractivity contribution in [3.8, 4) is 6.07 Å². The van der Waals surface area contributed by atoms with Gasteiger partial charge in [-0.2, -0.15) is 10.2 Å². The highest BCUT2D eigenvalue weighted by atomic mass is 16.3. The van der Waals surface area contributed by atoms with E-state index in [1.807, 2.05) is 6.07 Å². The number of aliphatic hydroxyl groups excluding tert-OH is 1. The number of nitriles is 1. The Hall–Kier alpha value is -2.85. The summed E-state index contributed by atoms with van der Waals surface area (Å²) in [4.78, 5) is 11.4. The molecule has 1 aliphatic heterocycles. The van der Waals surface area contributed by atoms with E-state index in [0.29, 0.717) is 17.2 Å². The van der Waals surface area contributed by atoms with Crippen LogP contribution in [0.2, 0.25) is 0 Å². The van der Waals surface area contributed by atoms with Crippen molar-refractivity contribution < 1.29 is 5.11 Å². The average molecular weight is 352 g/mol. The molecular weight excluding hydrogens is 328 g/mol. The number of aromatic nitrogens is 2. The van der Waals surface area contributed by atoms with Crippen molar-refractivity contribution in [1.29, 1.82) is 5.26 Å². The molecule has 1 fully saturated rings. The van der Waals surface area contributed by atoms with Crippen LogP contribution in [0.5, 0.6) is 0 Å². The van der Waals surface area contributed by atoms with Crippen LogP contribution in [0.1, 0.15) is 37.4 Å². The Bertz CT molecular complexity index is 816. The van der Waals surface area contributed by atoms with Crippen LogP contribution in [-0.4, -0.2) is 34.3 Å². The summed E-state index contributed by atoms with van der Waals surface area (Å²) < 4.78 is 0. The highest BCUT2D eigenvalue weighted by Crippen LogP contribution is 2.27. The van der Waals surface area contributed by atoms with E-state index in [1.54, 1.807) is 18.2 Å². The second-order valence-electron chi connectivity index (χ2n) is 6.50. The molecule has 1 atom stereocenters. The maximum atomic E-state index is 9.62. The van der Waals surface area contributed by atoms with Crippen LogP contribution >= 0.6 is 0 Å². The first-order valence-corrected chi connectivity index (χ1v) is 8.96. The Morgan fingerprint density at radius 1 is 1.38 bits per heavy atom. The molecule has 2 heterocycles. The van der Waals surface area contributed by atoms with Gasteiger partial charge in [0.15, 0.2) is 0 Å². The lowest BCUT2D eigenvalue weighted by Crippen LogP contribution is -2.33. The molecule has 4 N–H and O–H groups in total. The van der Waals surface area contributed by atoms with E-state index < -0.39 is 0 Å². The Kier molecular flexibility index (Phi) is 5.54. The fraction of sp³-hybridized carbons (Fsp3) is 0.421. The highest BCUT2D eigenvalue weighted by molar-refractivity contribution is 5.65. The molecule has 0 radical (unpaired) electrons. The fourth-order valence-electron chi connectivity index (χ4n) is 3.26. The number of hydrogen-bond acceptors (Lipinski definition) is 7. The zero-order valence-electron chi connectivity index (χ0n) is 14.9. The molecule has 1 saturated heterocycles. The maximum absolute atomic E-state index is 9.62. The van der Waals surface area contributed by atoms with Crippen LogP contribution in [-0.2, 0) is 6.42 Å². The van der Waals surface area contributed by atoms with Crippen LogP contribution in [0.4, 0.5) is 23.1 Å². The molecule has 2 aromatic rings. The van der Waals surface area contributed by atoms with Gasteiger partial charge >= 0.3 is 0 Å². The zero-order valence-corrected chi connectivity index (χ0v) is 14.9. The molecule has 0 aliphatic carbocycles. The summed E-state index contributed by atoms with van der Waals surface area (Å²) in [6.07, 6.45) is 3.85. The molecule has 0 amide bonds. The van der Waals surface area contributed by atoms with Gasteiger partial charge in [0.2, 0.25) is 5.95 Å². The SMILES string of the molecule is CCCc1cc(N2CCC[C@H]2CO)nc(Nc2ccc(N)c(C#N)c2)n1. The summed E-state index contributed by atoms with van der Waals surface area (Å²) in [6.45, 7) is 3.12.